The van der Waals surface area contributed by atoms with Crippen molar-refractivity contribution in [3.63, 3.8) is 0 Å². The molecule has 0 aromatic heterocycles. The van der Waals surface area contributed by atoms with Crippen LogP contribution in [0.1, 0.15) is 39.2 Å². The molecule has 0 aliphatic carbocycles. The number of anilines is 1. The summed E-state index contributed by atoms with van der Waals surface area (Å²) in [5.74, 6) is 0.565. The maximum absolute atomic E-state index is 4.30. The largest absolute Gasteiger partial charge is 0.301 e. The van der Waals surface area contributed by atoms with Crippen LogP contribution in [0.15, 0.2) is 77.0 Å². The van der Waals surface area contributed by atoms with Crippen molar-refractivity contribution in [2.45, 2.75) is 40.2 Å². The van der Waals surface area contributed by atoms with Gasteiger partial charge in [0.05, 0.1) is 5.69 Å². The first-order valence-electron chi connectivity index (χ1n) is 11.6. The predicted molar refractivity (Wildman–Crippen MR) is 133 cm³/mol. The van der Waals surface area contributed by atoms with E-state index in [1.54, 1.807) is 0 Å². The zero-order valence-electron chi connectivity index (χ0n) is 19.5. The minimum Gasteiger partial charge on any atom is -0.301 e. The molecule has 1 aliphatic heterocycles. The van der Waals surface area contributed by atoms with Crippen molar-refractivity contribution in [2.75, 3.05) is 37.7 Å². The molecule has 0 spiro atoms. The summed E-state index contributed by atoms with van der Waals surface area (Å²) in [5, 5.41) is 6.27. The molecule has 0 bridgehead atoms. The lowest BCUT2D eigenvalue weighted by molar-refractivity contribution is 0.123. The van der Waals surface area contributed by atoms with Crippen LogP contribution >= 0.6 is 0 Å². The summed E-state index contributed by atoms with van der Waals surface area (Å²) in [6, 6.07) is 21.1. The smallest absolute Gasteiger partial charge is 0.0648 e. The molecule has 0 saturated carbocycles. The van der Waals surface area contributed by atoms with Gasteiger partial charge in [0.15, 0.2) is 0 Å². The van der Waals surface area contributed by atoms with Crippen LogP contribution in [-0.4, -0.2) is 49.2 Å². The Hall–Kier alpha value is -2.43. The van der Waals surface area contributed by atoms with Crippen LogP contribution < -0.4 is 5.01 Å². The summed E-state index contributed by atoms with van der Waals surface area (Å²) >= 11 is 0. The Kier molecular flexibility index (Phi) is 8.86. The third kappa shape index (κ3) is 6.52. The maximum atomic E-state index is 4.30. The molecule has 1 saturated heterocycles. The molecular weight excluding hydrogens is 380 g/mol. The van der Waals surface area contributed by atoms with Crippen molar-refractivity contribution in [3.05, 3.63) is 77.5 Å². The number of hydrogen-bond acceptors (Lipinski definition) is 4. The van der Waals surface area contributed by atoms with Gasteiger partial charge in [0.2, 0.25) is 0 Å². The molecular formula is C27H38N4. The molecule has 1 fully saturated rings. The van der Waals surface area contributed by atoms with Gasteiger partial charge in [-0.3, -0.25) is 4.90 Å². The van der Waals surface area contributed by atoms with Crippen molar-refractivity contribution >= 4 is 12.4 Å². The number of para-hydroxylation sites is 1. The Bertz CT molecular complexity index is 823. The van der Waals surface area contributed by atoms with Crippen molar-refractivity contribution in [1.82, 2.24) is 9.80 Å². The van der Waals surface area contributed by atoms with Crippen LogP contribution in [0.5, 0.6) is 0 Å². The lowest BCUT2D eigenvalue weighted by atomic mass is 9.92. The molecule has 2 aromatic carbocycles. The molecule has 4 heteroatoms. The molecule has 1 heterocycles. The highest BCUT2D eigenvalue weighted by atomic mass is 15.4. The van der Waals surface area contributed by atoms with Crippen molar-refractivity contribution in [1.29, 1.82) is 0 Å². The number of allylic oxidation sites excluding steroid dienone is 2. The fraction of sp³-hybridized carbons (Fsp3) is 0.444. The van der Waals surface area contributed by atoms with Crippen molar-refractivity contribution in [2.24, 2.45) is 11.0 Å². The first kappa shape index (κ1) is 23.2. The SMILES string of the molecule is C=NN(/C(C)=C(\C)C(CC)CCN1CCN(Cc2ccccc2)CC1)c1ccccc1. The van der Waals surface area contributed by atoms with Gasteiger partial charge in [0.1, 0.15) is 0 Å². The van der Waals surface area contributed by atoms with Gasteiger partial charge in [0.25, 0.3) is 0 Å². The van der Waals surface area contributed by atoms with E-state index < -0.39 is 0 Å². The van der Waals surface area contributed by atoms with Crippen LogP contribution in [0.3, 0.4) is 0 Å². The van der Waals surface area contributed by atoms with E-state index >= 15 is 0 Å². The molecule has 0 N–H and O–H groups in total. The monoisotopic (exact) mass is 418 g/mol. The Morgan fingerprint density at radius 1 is 0.935 bits per heavy atom. The Labute approximate surface area is 188 Å². The van der Waals surface area contributed by atoms with Crippen LogP contribution in [0, 0.1) is 5.92 Å². The van der Waals surface area contributed by atoms with E-state index in [1.165, 1.54) is 23.3 Å². The van der Waals surface area contributed by atoms with E-state index in [1.807, 2.05) is 23.2 Å². The van der Waals surface area contributed by atoms with E-state index in [-0.39, 0.29) is 0 Å². The van der Waals surface area contributed by atoms with Gasteiger partial charge in [-0.05, 0) is 62.4 Å². The van der Waals surface area contributed by atoms with Crippen LogP contribution in [0.2, 0.25) is 0 Å². The van der Waals surface area contributed by atoms with Crippen LogP contribution in [0.25, 0.3) is 0 Å². The summed E-state index contributed by atoms with van der Waals surface area (Å²) in [6.07, 6.45) is 2.34. The highest BCUT2D eigenvalue weighted by Gasteiger charge is 2.20. The second-order valence-corrected chi connectivity index (χ2v) is 8.55. The maximum Gasteiger partial charge on any atom is 0.0648 e. The highest BCUT2D eigenvalue weighted by Crippen LogP contribution is 2.28. The number of rotatable bonds is 10. The number of hydrogen-bond donors (Lipinski definition) is 0. The number of piperazine rings is 1. The van der Waals surface area contributed by atoms with E-state index in [0.29, 0.717) is 5.92 Å². The van der Waals surface area contributed by atoms with Crippen LogP contribution in [0.4, 0.5) is 5.69 Å². The third-order valence-electron chi connectivity index (χ3n) is 6.64. The Morgan fingerprint density at radius 3 is 2.10 bits per heavy atom. The van der Waals surface area contributed by atoms with Gasteiger partial charge >= 0.3 is 0 Å². The fourth-order valence-electron chi connectivity index (χ4n) is 4.49. The minimum atomic E-state index is 0.565. The van der Waals surface area contributed by atoms with E-state index in [2.05, 4.69) is 84.9 Å². The molecule has 2 aromatic rings. The number of benzene rings is 2. The number of nitrogens with zero attached hydrogens (tertiary/aromatic N) is 4. The normalized spacial score (nSPS) is 17.1. The van der Waals surface area contributed by atoms with Gasteiger partial charge in [-0.25, -0.2) is 5.01 Å². The minimum absolute atomic E-state index is 0.565. The fourth-order valence-corrected chi connectivity index (χ4v) is 4.49. The van der Waals surface area contributed by atoms with Gasteiger partial charge in [0, 0.05) is 45.1 Å². The molecule has 4 nitrogen and oxygen atoms in total. The second kappa shape index (κ2) is 11.8. The van der Waals surface area contributed by atoms with E-state index in [9.17, 15) is 0 Å². The summed E-state index contributed by atoms with van der Waals surface area (Å²) in [4.78, 5) is 5.21. The molecule has 1 aliphatic rings. The molecule has 1 atom stereocenters. The lowest BCUT2D eigenvalue weighted by Crippen LogP contribution is -2.46. The first-order chi connectivity index (χ1) is 15.1. The summed E-state index contributed by atoms with van der Waals surface area (Å²) in [5.41, 5.74) is 5.10. The predicted octanol–water partition coefficient (Wildman–Crippen LogP) is 5.64. The van der Waals surface area contributed by atoms with Gasteiger partial charge in [-0.15, -0.1) is 0 Å². The zero-order chi connectivity index (χ0) is 22.1. The second-order valence-electron chi connectivity index (χ2n) is 8.55. The molecule has 3 rings (SSSR count). The standard InChI is InChI=1S/C27H38N4/c1-5-26(23(2)24(3)31(28-4)27-14-10-7-11-15-27)16-17-29-18-20-30(21-19-29)22-25-12-8-6-9-13-25/h6-15,26H,4-5,16-22H2,1-3H3/b24-23+. The van der Waals surface area contributed by atoms with E-state index in [0.717, 1.165) is 51.4 Å². The highest BCUT2D eigenvalue weighted by molar-refractivity contribution is 5.53. The first-order valence-corrected chi connectivity index (χ1v) is 11.6. The van der Waals surface area contributed by atoms with E-state index in [4.69, 9.17) is 0 Å². The number of hydrazone groups is 1. The summed E-state index contributed by atoms with van der Waals surface area (Å²) in [6.45, 7) is 17.4. The van der Waals surface area contributed by atoms with Gasteiger partial charge in [-0.1, -0.05) is 55.5 Å². The molecule has 0 radical (unpaired) electrons. The average Bonchev–Trinajstić information content (AvgIpc) is 2.82. The molecule has 31 heavy (non-hydrogen) atoms. The third-order valence-corrected chi connectivity index (χ3v) is 6.64. The van der Waals surface area contributed by atoms with Gasteiger partial charge < -0.3 is 4.90 Å². The van der Waals surface area contributed by atoms with Gasteiger partial charge in [-0.2, -0.15) is 5.10 Å². The van der Waals surface area contributed by atoms with Crippen molar-refractivity contribution < 1.29 is 0 Å². The van der Waals surface area contributed by atoms with Crippen molar-refractivity contribution in [3.8, 4) is 0 Å². The van der Waals surface area contributed by atoms with Crippen LogP contribution in [-0.2, 0) is 6.54 Å². The average molecular weight is 419 g/mol. The Balaban J connectivity index is 1.52. The Morgan fingerprint density at radius 2 is 1.52 bits per heavy atom. The topological polar surface area (TPSA) is 22.1 Å². The molecule has 0 amide bonds. The lowest BCUT2D eigenvalue weighted by Gasteiger charge is -2.35. The summed E-state index contributed by atoms with van der Waals surface area (Å²) < 4.78 is 0. The quantitative estimate of drug-likeness (QED) is 0.368. The molecule has 1 unspecified atom stereocenters. The summed E-state index contributed by atoms with van der Waals surface area (Å²) in [7, 11) is 0. The molecule has 166 valence electrons. The zero-order valence-corrected chi connectivity index (χ0v) is 19.5.